The van der Waals surface area contributed by atoms with Gasteiger partial charge in [-0.25, -0.2) is 4.98 Å². The third kappa shape index (κ3) is 3.12. The van der Waals surface area contributed by atoms with Gasteiger partial charge < -0.3 is 26.9 Å². The van der Waals surface area contributed by atoms with Crippen LogP contribution in [-0.4, -0.2) is 35.5 Å². The Labute approximate surface area is 134 Å². The van der Waals surface area contributed by atoms with Crippen LogP contribution in [0, 0.1) is 5.41 Å². The first-order valence-corrected chi connectivity index (χ1v) is 7.68. The molecule has 0 spiro atoms. The number of anilines is 2. The van der Waals surface area contributed by atoms with Gasteiger partial charge in [0.2, 0.25) is 0 Å². The van der Waals surface area contributed by atoms with E-state index in [2.05, 4.69) is 9.88 Å². The van der Waals surface area contributed by atoms with Crippen LogP contribution in [0.25, 0.3) is 16.6 Å². The maximum atomic E-state index is 9.69. The number of aliphatic hydroxyl groups excluding tert-OH is 1. The Hall–Kier alpha value is -2.60. The Bertz CT molecular complexity index is 763. The minimum Gasteiger partial charge on any atom is -0.398 e. The maximum absolute atomic E-state index is 9.69. The molecule has 3 rings (SSSR count). The van der Waals surface area contributed by atoms with Crippen LogP contribution >= 0.6 is 0 Å². The summed E-state index contributed by atoms with van der Waals surface area (Å²) in [6.07, 6.45) is 4.01. The van der Waals surface area contributed by atoms with Gasteiger partial charge in [-0.1, -0.05) is 12.1 Å². The number of hydrogen-bond acceptors (Lipinski definition) is 6. The fourth-order valence-corrected chi connectivity index (χ4v) is 2.96. The van der Waals surface area contributed by atoms with E-state index >= 15 is 0 Å². The van der Waals surface area contributed by atoms with Gasteiger partial charge in [-0.05, 0) is 30.5 Å². The molecule has 0 radical (unpaired) electrons. The van der Waals surface area contributed by atoms with Crippen LogP contribution in [0.3, 0.4) is 0 Å². The van der Waals surface area contributed by atoms with Gasteiger partial charge in [0.05, 0.1) is 11.6 Å². The average molecular weight is 311 g/mol. The number of benzene rings is 1. The second kappa shape index (κ2) is 6.26. The zero-order valence-corrected chi connectivity index (χ0v) is 12.9. The maximum Gasteiger partial charge on any atom is 0.126 e. The number of hydrogen-bond donors (Lipinski definition) is 4. The predicted molar refractivity (Wildman–Crippen MR) is 94.6 cm³/mol. The number of aromatic nitrogens is 1. The first kappa shape index (κ1) is 15.3. The highest BCUT2D eigenvalue weighted by Crippen LogP contribution is 2.31. The summed E-state index contributed by atoms with van der Waals surface area (Å²) < 4.78 is 0. The van der Waals surface area contributed by atoms with Crippen LogP contribution in [0.1, 0.15) is 18.4 Å². The molecule has 1 aliphatic heterocycles. The van der Waals surface area contributed by atoms with Gasteiger partial charge in [-0.3, -0.25) is 0 Å². The first-order chi connectivity index (χ1) is 11.1. The molecular weight excluding hydrogens is 290 g/mol. The Kier molecular flexibility index (Phi) is 4.16. The van der Waals surface area contributed by atoms with Crippen LogP contribution in [0.4, 0.5) is 11.5 Å². The number of piperidine rings is 1. The molecule has 0 atom stereocenters. The van der Waals surface area contributed by atoms with Crippen molar-refractivity contribution in [3.05, 3.63) is 35.9 Å². The number of nitrogen functional groups attached to an aromatic ring is 1. The van der Waals surface area contributed by atoms with E-state index < -0.39 is 0 Å². The molecule has 2 aromatic rings. The molecule has 1 aromatic carbocycles. The number of nitrogens with two attached hydrogens (primary N) is 2. The Balaban J connectivity index is 2.05. The molecule has 0 unspecified atom stereocenters. The fourth-order valence-electron chi connectivity index (χ4n) is 2.96. The standard InChI is InChI=1S/C17H21N5O/c18-6-3-14(19)11-1-2-13-15(9-11)21-17(20)10-16(13)22-7-4-12(23)5-8-22/h1-3,6,9-10,12,18,23H,4-5,7-8,19H2,(H2,20,21)/b14-3-,18-6?. The minimum atomic E-state index is -0.214. The summed E-state index contributed by atoms with van der Waals surface area (Å²) in [5.41, 5.74) is 15.1. The lowest BCUT2D eigenvalue weighted by atomic mass is 10.0. The van der Waals surface area contributed by atoms with E-state index in [1.807, 2.05) is 24.3 Å². The van der Waals surface area contributed by atoms with E-state index in [0.29, 0.717) is 11.5 Å². The molecule has 1 aliphatic rings. The summed E-state index contributed by atoms with van der Waals surface area (Å²) in [6, 6.07) is 7.69. The monoisotopic (exact) mass is 311 g/mol. The van der Waals surface area contributed by atoms with Gasteiger partial charge in [0.1, 0.15) is 5.82 Å². The highest BCUT2D eigenvalue weighted by molar-refractivity contribution is 5.95. The van der Waals surface area contributed by atoms with E-state index in [4.69, 9.17) is 16.9 Å². The van der Waals surface area contributed by atoms with Crippen LogP contribution in [-0.2, 0) is 0 Å². The van der Waals surface area contributed by atoms with Crippen LogP contribution < -0.4 is 16.4 Å². The highest BCUT2D eigenvalue weighted by atomic mass is 16.3. The van der Waals surface area contributed by atoms with E-state index in [1.165, 1.54) is 0 Å². The summed E-state index contributed by atoms with van der Waals surface area (Å²) >= 11 is 0. The number of nitrogens with one attached hydrogen (secondary N) is 1. The van der Waals surface area contributed by atoms with Crippen molar-refractivity contribution in [2.45, 2.75) is 18.9 Å². The Morgan fingerprint density at radius 2 is 2.04 bits per heavy atom. The van der Waals surface area contributed by atoms with Crippen molar-refractivity contribution in [1.29, 1.82) is 5.41 Å². The van der Waals surface area contributed by atoms with Crippen molar-refractivity contribution in [1.82, 2.24) is 4.98 Å². The van der Waals surface area contributed by atoms with Crippen molar-refractivity contribution in [3.63, 3.8) is 0 Å². The van der Waals surface area contributed by atoms with Crippen LogP contribution in [0.2, 0.25) is 0 Å². The molecule has 0 bridgehead atoms. The molecule has 120 valence electrons. The zero-order valence-electron chi connectivity index (χ0n) is 12.9. The van der Waals surface area contributed by atoms with Crippen molar-refractivity contribution in [2.75, 3.05) is 23.7 Å². The fraction of sp³-hybridized carbons (Fsp3) is 0.294. The molecule has 6 N–H and O–H groups in total. The third-order valence-electron chi connectivity index (χ3n) is 4.21. The summed E-state index contributed by atoms with van der Waals surface area (Å²) in [7, 11) is 0. The van der Waals surface area contributed by atoms with E-state index in [1.54, 1.807) is 6.08 Å². The predicted octanol–water partition coefficient (Wildman–Crippen LogP) is 1.73. The number of aliphatic hydroxyl groups is 1. The molecule has 1 saturated heterocycles. The van der Waals surface area contributed by atoms with E-state index in [9.17, 15) is 5.11 Å². The lowest BCUT2D eigenvalue weighted by Crippen LogP contribution is -2.36. The van der Waals surface area contributed by atoms with Gasteiger partial charge in [-0.15, -0.1) is 0 Å². The largest absolute Gasteiger partial charge is 0.398 e. The number of nitrogens with zero attached hydrogens (tertiary/aromatic N) is 2. The molecule has 6 heteroatoms. The van der Waals surface area contributed by atoms with Crippen molar-refractivity contribution >= 4 is 34.3 Å². The molecule has 0 amide bonds. The second-order valence-corrected chi connectivity index (χ2v) is 5.81. The van der Waals surface area contributed by atoms with Crippen LogP contribution in [0.15, 0.2) is 30.3 Å². The van der Waals surface area contributed by atoms with Gasteiger partial charge in [0.25, 0.3) is 0 Å². The molecule has 1 aromatic heterocycles. The van der Waals surface area contributed by atoms with Crippen molar-refractivity contribution < 1.29 is 5.11 Å². The molecule has 0 aliphatic carbocycles. The second-order valence-electron chi connectivity index (χ2n) is 5.81. The molecule has 0 saturated carbocycles. The van der Waals surface area contributed by atoms with E-state index in [-0.39, 0.29) is 6.10 Å². The smallest absolute Gasteiger partial charge is 0.126 e. The summed E-state index contributed by atoms with van der Waals surface area (Å²) in [5, 5.41) is 17.8. The highest BCUT2D eigenvalue weighted by Gasteiger charge is 2.19. The van der Waals surface area contributed by atoms with Gasteiger partial charge in [0, 0.05) is 42.1 Å². The molecule has 23 heavy (non-hydrogen) atoms. The van der Waals surface area contributed by atoms with E-state index in [0.717, 1.165) is 54.3 Å². The van der Waals surface area contributed by atoms with Gasteiger partial charge >= 0.3 is 0 Å². The minimum absolute atomic E-state index is 0.214. The van der Waals surface area contributed by atoms with Gasteiger partial charge in [0.15, 0.2) is 0 Å². The summed E-state index contributed by atoms with van der Waals surface area (Å²) in [4.78, 5) is 6.65. The zero-order chi connectivity index (χ0) is 16.4. The summed E-state index contributed by atoms with van der Waals surface area (Å²) in [6.45, 7) is 1.61. The number of allylic oxidation sites excluding steroid dienone is 1. The average Bonchev–Trinajstić information content (AvgIpc) is 2.54. The molecular formula is C17H21N5O. The normalized spacial score (nSPS) is 16.7. The Morgan fingerprint density at radius 1 is 1.30 bits per heavy atom. The number of pyridine rings is 1. The summed E-state index contributed by atoms with van der Waals surface area (Å²) in [5.74, 6) is 0.463. The lowest BCUT2D eigenvalue weighted by Gasteiger charge is -2.32. The van der Waals surface area contributed by atoms with Crippen LogP contribution in [0.5, 0.6) is 0 Å². The van der Waals surface area contributed by atoms with Crippen molar-refractivity contribution in [2.24, 2.45) is 5.73 Å². The number of fused-ring (bicyclic) bond motifs is 1. The molecule has 1 fully saturated rings. The topological polar surface area (TPSA) is 112 Å². The third-order valence-corrected chi connectivity index (χ3v) is 4.21. The first-order valence-electron chi connectivity index (χ1n) is 7.68. The molecule has 6 nitrogen and oxygen atoms in total. The number of rotatable bonds is 3. The quantitative estimate of drug-likeness (QED) is 0.645. The molecule has 2 heterocycles. The Morgan fingerprint density at radius 3 is 2.74 bits per heavy atom. The SMILES string of the molecule is N=C/C=C(\N)c1ccc2c(N3CCC(O)CC3)cc(N)nc2c1. The lowest BCUT2D eigenvalue weighted by molar-refractivity contribution is 0.145. The van der Waals surface area contributed by atoms with Gasteiger partial charge in [-0.2, -0.15) is 0 Å². The van der Waals surface area contributed by atoms with Crippen molar-refractivity contribution in [3.8, 4) is 0 Å².